The molecule has 0 atom stereocenters. The van der Waals surface area contributed by atoms with Gasteiger partial charge in [-0.1, -0.05) is 37.0 Å². The normalized spacial score (nSPS) is 10.8. The summed E-state index contributed by atoms with van der Waals surface area (Å²) in [5.74, 6) is -0.125. The van der Waals surface area contributed by atoms with Crippen molar-refractivity contribution in [2.24, 2.45) is 0 Å². The molecule has 0 saturated carbocycles. The molecule has 0 saturated heterocycles. The van der Waals surface area contributed by atoms with Gasteiger partial charge in [0.25, 0.3) is 0 Å². The van der Waals surface area contributed by atoms with Crippen molar-refractivity contribution < 1.29 is 4.79 Å². The van der Waals surface area contributed by atoms with Crippen molar-refractivity contribution in [3.05, 3.63) is 22.2 Å². The Morgan fingerprint density at radius 1 is 1.20 bits per heavy atom. The highest BCUT2D eigenvalue weighted by molar-refractivity contribution is 6.40. The Morgan fingerprint density at radius 3 is 2.15 bits per heavy atom. The number of amides is 1. The van der Waals surface area contributed by atoms with Gasteiger partial charge in [0.1, 0.15) is 0 Å². The maximum atomic E-state index is 12.1. The molecule has 1 rings (SSSR count). The highest BCUT2D eigenvalue weighted by atomic mass is 35.5. The number of benzene rings is 1. The van der Waals surface area contributed by atoms with Gasteiger partial charge in [-0.25, -0.2) is 0 Å². The molecule has 0 spiro atoms. The highest BCUT2D eigenvalue weighted by Gasteiger charge is 2.13. The fraction of sp³-hybridized carbons (Fsp3) is 0.500. The number of hydrogen-bond donors (Lipinski definition) is 2. The van der Waals surface area contributed by atoms with Crippen LogP contribution in [0, 0.1) is 0 Å². The third kappa shape index (κ3) is 5.19. The summed E-state index contributed by atoms with van der Waals surface area (Å²) in [6.07, 6.45) is 2.02. The average Bonchev–Trinajstić information content (AvgIpc) is 2.34. The fourth-order valence-corrected chi connectivity index (χ4v) is 2.59. The Morgan fingerprint density at radius 2 is 1.70 bits per heavy atom. The number of nitrogens with zero attached hydrogens (tertiary/aromatic N) is 1. The molecule has 112 valence electrons. The molecule has 0 unspecified atom stereocenters. The molecule has 0 bridgehead atoms. The van der Waals surface area contributed by atoms with Crippen LogP contribution < -0.4 is 11.1 Å². The number of nitrogens with one attached hydrogen (secondary N) is 1. The number of halogens is 2. The van der Waals surface area contributed by atoms with Crippen LogP contribution in [-0.2, 0) is 4.79 Å². The predicted octanol–water partition coefficient (Wildman–Crippen LogP) is 3.64. The topological polar surface area (TPSA) is 58.4 Å². The largest absolute Gasteiger partial charge is 0.399 e. The first-order valence-electron chi connectivity index (χ1n) is 6.74. The second-order valence-electron chi connectivity index (χ2n) is 4.68. The van der Waals surface area contributed by atoms with Crippen molar-refractivity contribution in [1.29, 1.82) is 0 Å². The van der Waals surface area contributed by atoms with Crippen molar-refractivity contribution >= 4 is 40.5 Å². The number of rotatable bonds is 7. The van der Waals surface area contributed by atoms with E-state index in [1.54, 1.807) is 12.1 Å². The van der Waals surface area contributed by atoms with E-state index in [4.69, 9.17) is 28.9 Å². The molecule has 6 heteroatoms. The van der Waals surface area contributed by atoms with Gasteiger partial charge in [0.15, 0.2) is 0 Å². The molecule has 0 heterocycles. The first kappa shape index (κ1) is 17.1. The van der Waals surface area contributed by atoms with Crippen LogP contribution in [0.15, 0.2) is 12.1 Å². The van der Waals surface area contributed by atoms with Gasteiger partial charge in [0.05, 0.1) is 22.3 Å². The van der Waals surface area contributed by atoms with E-state index in [0.29, 0.717) is 28.0 Å². The molecule has 1 aromatic carbocycles. The van der Waals surface area contributed by atoms with E-state index in [-0.39, 0.29) is 5.91 Å². The van der Waals surface area contributed by atoms with Crippen molar-refractivity contribution in [2.75, 3.05) is 30.7 Å². The Balaban J connectivity index is 2.70. The van der Waals surface area contributed by atoms with Crippen LogP contribution >= 0.6 is 23.2 Å². The summed E-state index contributed by atoms with van der Waals surface area (Å²) in [7, 11) is 0. The first-order chi connectivity index (χ1) is 9.47. The van der Waals surface area contributed by atoms with E-state index < -0.39 is 0 Å². The molecule has 0 fully saturated rings. The lowest BCUT2D eigenvalue weighted by atomic mass is 10.2. The summed E-state index contributed by atoms with van der Waals surface area (Å²) in [5, 5.41) is 3.45. The number of nitrogen functional groups attached to an aromatic ring is 1. The Bertz CT molecular complexity index is 437. The second-order valence-corrected chi connectivity index (χ2v) is 5.50. The number of hydrogen-bond acceptors (Lipinski definition) is 3. The van der Waals surface area contributed by atoms with Crippen LogP contribution in [0.5, 0.6) is 0 Å². The number of carbonyl (C=O) groups is 1. The third-order valence-electron chi connectivity index (χ3n) is 2.78. The number of nitrogens with two attached hydrogens (primary N) is 1. The molecule has 0 aliphatic rings. The van der Waals surface area contributed by atoms with E-state index in [1.807, 2.05) is 0 Å². The molecule has 20 heavy (non-hydrogen) atoms. The first-order valence-corrected chi connectivity index (χ1v) is 7.50. The van der Waals surface area contributed by atoms with Gasteiger partial charge in [-0.05, 0) is 38.1 Å². The fourth-order valence-electron chi connectivity index (χ4n) is 2.00. The summed E-state index contributed by atoms with van der Waals surface area (Å²) in [4.78, 5) is 14.2. The molecule has 4 nitrogen and oxygen atoms in total. The summed E-state index contributed by atoms with van der Waals surface area (Å²) in [6.45, 7) is 6.30. The number of anilines is 2. The van der Waals surface area contributed by atoms with Crippen molar-refractivity contribution in [2.45, 2.75) is 26.7 Å². The van der Waals surface area contributed by atoms with Gasteiger partial charge in [-0.15, -0.1) is 0 Å². The predicted molar refractivity (Wildman–Crippen MR) is 86.5 cm³/mol. The third-order valence-corrected chi connectivity index (χ3v) is 3.37. The maximum absolute atomic E-state index is 12.1. The van der Waals surface area contributed by atoms with Gasteiger partial charge in [0.2, 0.25) is 5.91 Å². The van der Waals surface area contributed by atoms with Crippen molar-refractivity contribution in [3.8, 4) is 0 Å². The lowest BCUT2D eigenvalue weighted by Gasteiger charge is -2.20. The molecule has 0 radical (unpaired) electrons. The minimum atomic E-state index is -0.125. The zero-order valence-corrected chi connectivity index (χ0v) is 13.4. The minimum absolute atomic E-state index is 0.125. The average molecular weight is 318 g/mol. The summed E-state index contributed by atoms with van der Waals surface area (Å²) in [5.41, 5.74) is 6.52. The zero-order chi connectivity index (χ0) is 15.1. The Kier molecular flexibility index (Phi) is 7.13. The van der Waals surface area contributed by atoms with E-state index in [0.717, 1.165) is 25.9 Å². The molecule has 1 amide bonds. The second kappa shape index (κ2) is 8.35. The summed E-state index contributed by atoms with van der Waals surface area (Å²) >= 11 is 12.1. The van der Waals surface area contributed by atoms with E-state index in [2.05, 4.69) is 24.1 Å². The highest BCUT2D eigenvalue weighted by Crippen LogP contribution is 2.32. The Hall–Kier alpha value is -0.970. The van der Waals surface area contributed by atoms with Crippen LogP contribution in [0.25, 0.3) is 0 Å². The van der Waals surface area contributed by atoms with E-state index in [1.165, 1.54) is 0 Å². The number of carbonyl (C=O) groups excluding carboxylic acids is 1. The van der Waals surface area contributed by atoms with Crippen LogP contribution in [0.4, 0.5) is 11.4 Å². The van der Waals surface area contributed by atoms with Crippen LogP contribution in [0.1, 0.15) is 26.7 Å². The quantitative estimate of drug-likeness (QED) is 0.755. The monoisotopic (exact) mass is 317 g/mol. The minimum Gasteiger partial charge on any atom is -0.399 e. The van der Waals surface area contributed by atoms with Crippen molar-refractivity contribution in [3.63, 3.8) is 0 Å². The molecule has 1 aromatic rings. The SMILES string of the molecule is CCCN(CCC)CC(=O)Nc1c(Cl)cc(N)cc1Cl. The lowest BCUT2D eigenvalue weighted by molar-refractivity contribution is -0.117. The van der Waals surface area contributed by atoms with Crippen LogP contribution in [0.2, 0.25) is 10.0 Å². The van der Waals surface area contributed by atoms with Gasteiger partial charge in [-0.3, -0.25) is 9.69 Å². The summed E-state index contributed by atoms with van der Waals surface area (Å²) < 4.78 is 0. The maximum Gasteiger partial charge on any atom is 0.238 e. The molecular weight excluding hydrogens is 297 g/mol. The Labute approximate surface area is 130 Å². The van der Waals surface area contributed by atoms with Crippen LogP contribution in [-0.4, -0.2) is 30.4 Å². The molecule has 0 aliphatic carbocycles. The molecule has 0 aromatic heterocycles. The van der Waals surface area contributed by atoms with E-state index in [9.17, 15) is 4.79 Å². The van der Waals surface area contributed by atoms with Crippen LogP contribution in [0.3, 0.4) is 0 Å². The van der Waals surface area contributed by atoms with Gasteiger partial charge in [0, 0.05) is 5.69 Å². The van der Waals surface area contributed by atoms with E-state index >= 15 is 0 Å². The van der Waals surface area contributed by atoms with Crippen molar-refractivity contribution in [1.82, 2.24) is 4.90 Å². The van der Waals surface area contributed by atoms with Gasteiger partial charge < -0.3 is 11.1 Å². The lowest BCUT2D eigenvalue weighted by Crippen LogP contribution is -2.34. The summed E-state index contributed by atoms with van der Waals surface area (Å²) in [6, 6.07) is 3.14. The van der Waals surface area contributed by atoms with Gasteiger partial charge >= 0.3 is 0 Å². The smallest absolute Gasteiger partial charge is 0.238 e. The zero-order valence-electron chi connectivity index (χ0n) is 11.9. The molecule has 3 N–H and O–H groups in total. The molecule has 0 aliphatic heterocycles. The standard InChI is InChI=1S/C14H21Cl2N3O/c1-3-5-19(6-4-2)9-13(20)18-14-11(15)7-10(17)8-12(14)16/h7-8H,3-6,9,17H2,1-2H3,(H,18,20). The molecular formula is C14H21Cl2N3O. The van der Waals surface area contributed by atoms with Gasteiger partial charge in [-0.2, -0.15) is 0 Å².